The topological polar surface area (TPSA) is 77.8 Å². The summed E-state index contributed by atoms with van der Waals surface area (Å²) >= 11 is 1.40. The summed E-state index contributed by atoms with van der Waals surface area (Å²) in [6, 6.07) is 8.23. The number of hydrogen-bond donors (Lipinski definition) is 0. The number of hydrogen-bond acceptors (Lipinski definition) is 7. The van der Waals surface area contributed by atoms with Gasteiger partial charge in [-0.3, -0.25) is 0 Å². The number of rotatable bonds is 6. The Kier molecular flexibility index (Phi) is 5.22. The van der Waals surface area contributed by atoms with Crippen LogP contribution in [0.3, 0.4) is 0 Å². The van der Waals surface area contributed by atoms with Gasteiger partial charge in [0.15, 0.2) is 0 Å². The molecular weight excluding hydrogens is 336 g/mol. The van der Waals surface area contributed by atoms with Crippen LogP contribution < -0.4 is 0 Å². The summed E-state index contributed by atoms with van der Waals surface area (Å²) in [5, 5.41) is 16.7. The van der Waals surface area contributed by atoms with E-state index in [-0.39, 0.29) is 5.41 Å². The van der Waals surface area contributed by atoms with E-state index in [0.717, 1.165) is 18.4 Å². The first-order chi connectivity index (χ1) is 12.0. The smallest absolute Gasteiger partial charge is 0.277 e. The van der Waals surface area contributed by atoms with E-state index in [1.807, 2.05) is 12.1 Å². The van der Waals surface area contributed by atoms with Crippen LogP contribution in [0.1, 0.15) is 51.5 Å². The minimum atomic E-state index is 0.121. The molecule has 0 saturated heterocycles. The molecule has 0 saturated carbocycles. The van der Waals surface area contributed by atoms with Crippen LogP contribution in [0.4, 0.5) is 0 Å². The number of nitrogens with zero attached hydrogens (tertiary/aromatic N) is 4. The van der Waals surface area contributed by atoms with Gasteiger partial charge in [0.05, 0.1) is 5.75 Å². The lowest BCUT2D eigenvalue weighted by Crippen LogP contribution is -2.10. The fourth-order valence-corrected chi connectivity index (χ4v) is 2.89. The van der Waals surface area contributed by atoms with Crippen molar-refractivity contribution in [2.45, 2.75) is 56.9 Å². The van der Waals surface area contributed by atoms with E-state index in [9.17, 15) is 0 Å². The van der Waals surface area contributed by atoms with Gasteiger partial charge in [-0.05, 0) is 29.5 Å². The summed E-state index contributed by atoms with van der Waals surface area (Å²) in [7, 11) is 0. The lowest BCUT2D eigenvalue weighted by atomic mass is 9.87. The van der Waals surface area contributed by atoms with Gasteiger partial charge in [0.2, 0.25) is 17.7 Å². The van der Waals surface area contributed by atoms with E-state index in [0.29, 0.717) is 28.6 Å². The van der Waals surface area contributed by atoms with Gasteiger partial charge in [0.25, 0.3) is 5.22 Å². The predicted octanol–water partition coefficient (Wildman–Crippen LogP) is 4.66. The van der Waals surface area contributed by atoms with Crippen molar-refractivity contribution in [1.29, 1.82) is 0 Å². The van der Waals surface area contributed by atoms with Gasteiger partial charge in [-0.1, -0.05) is 51.6 Å². The SMILES string of the molecule is CCCc1nnc(SCc2nnc(-c3ccc(C(C)(C)C)cc3)o2)o1. The molecule has 6 nitrogen and oxygen atoms in total. The molecule has 1 aromatic carbocycles. The van der Waals surface area contributed by atoms with Crippen molar-refractivity contribution in [3.8, 4) is 11.5 Å². The monoisotopic (exact) mass is 358 g/mol. The van der Waals surface area contributed by atoms with Crippen LogP contribution in [0.15, 0.2) is 38.3 Å². The highest BCUT2D eigenvalue weighted by Gasteiger charge is 2.15. The lowest BCUT2D eigenvalue weighted by Gasteiger charge is -2.18. The van der Waals surface area contributed by atoms with Gasteiger partial charge < -0.3 is 8.83 Å². The molecule has 0 aliphatic heterocycles. The van der Waals surface area contributed by atoms with Crippen molar-refractivity contribution in [2.75, 3.05) is 0 Å². The first-order valence-electron chi connectivity index (χ1n) is 8.34. The molecule has 0 aliphatic carbocycles. The summed E-state index contributed by atoms with van der Waals surface area (Å²) in [5.74, 6) is 2.22. The largest absolute Gasteiger partial charge is 0.420 e. The second-order valence-electron chi connectivity index (χ2n) is 6.83. The van der Waals surface area contributed by atoms with Crippen LogP contribution >= 0.6 is 11.8 Å². The molecule has 0 amide bonds. The molecule has 3 aromatic rings. The number of thioether (sulfide) groups is 1. The standard InChI is InChI=1S/C18H22N4O2S/c1-5-6-14-19-22-17(24-14)25-11-15-20-21-16(23-15)12-7-9-13(10-8-12)18(2,3)4/h7-10H,5-6,11H2,1-4H3. The highest BCUT2D eigenvalue weighted by molar-refractivity contribution is 7.98. The Balaban J connectivity index is 1.63. The van der Waals surface area contributed by atoms with Crippen LogP contribution in [0, 0.1) is 0 Å². The highest BCUT2D eigenvalue weighted by atomic mass is 32.2. The Bertz CT molecular complexity index is 818. The van der Waals surface area contributed by atoms with Crippen LogP contribution in [0.5, 0.6) is 0 Å². The Morgan fingerprint density at radius 2 is 1.64 bits per heavy atom. The Hall–Kier alpha value is -2.15. The quantitative estimate of drug-likeness (QED) is 0.593. The predicted molar refractivity (Wildman–Crippen MR) is 96.3 cm³/mol. The molecule has 0 bridgehead atoms. The van der Waals surface area contributed by atoms with Crippen molar-refractivity contribution in [3.63, 3.8) is 0 Å². The summed E-state index contributed by atoms with van der Waals surface area (Å²) in [6.07, 6.45) is 1.77. The van der Waals surface area contributed by atoms with Crippen LogP contribution in [-0.4, -0.2) is 20.4 Å². The van der Waals surface area contributed by atoms with E-state index >= 15 is 0 Å². The van der Waals surface area contributed by atoms with Gasteiger partial charge in [-0.15, -0.1) is 20.4 Å². The maximum atomic E-state index is 5.74. The van der Waals surface area contributed by atoms with E-state index < -0.39 is 0 Å². The van der Waals surface area contributed by atoms with Gasteiger partial charge >= 0.3 is 0 Å². The van der Waals surface area contributed by atoms with Crippen LogP contribution in [0.2, 0.25) is 0 Å². The first kappa shape index (κ1) is 17.7. The molecule has 0 N–H and O–H groups in total. The molecule has 0 aliphatic rings. The third kappa shape index (κ3) is 4.48. The van der Waals surface area contributed by atoms with E-state index in [1.165, 1.54) is 17.3 Å². The van der Waals surface area contributed by atoms with Gasteiger partial charge in [-0.2, -0.15) is 0 Å². The fraction of sp³-hybridized carbons (Fsp3) is 0.444. The second-order valence-corrected chi connectivity index (χ2v) is 7.76. The zero-order valence-corrected chi connectivity index (χ0v) is 15.8. The average molecular weight is 358 g/mol. The minimum Gasteiger partial charge on any atom is -0.420 e. The van der Waals surface area contributed by atoms with Crippen molar-refractivity contribution in [3.05, 3.63) is 41.6 Å². The van der Waals surface area contributed by atoms with E-state index in [4.69, 9.17) is 8.83 Å². The van der Waals surface area contributed by atoms with E-state index in [1.54, 1.807) is 0 Å². The molecule has 0 spiro atoms. The van der Waals surface area contributed by atoms with Crippen molar-refractivity contribution < 1.29 is 8.83 Å². The van der Waals surface area contributed by atoms with Crippen molar-refractivity contribution >= 4 is 11.8 Å². The lowest BCUT2D eigenvalue weighted by molar-refractivity contribution is 0.411. The molecule has 2 heterocycles. The van der Waals surface area contributed by atoms with Gasteiger partial charge in [0, 0.05) is 12.0 Å². The number of benzene rings is 1. The molecule has 132 valence electrons. The van der Waals surface area contributed by atoms with Gasteiger partial charge in [0.1, 0.15) is 0 Å². The maximum absolute atomic E-state index is 5.74. The first-order valence-corrected chi connectivity index (χ1v) is 9.32. The van der Waals surface area contributed by atoms with Crippen LogP contribution in [-0.2, 0) is 17.6 Å². The minimum absolute atomic E-state index is 0.121. The summed E-state index contributed by atoms with van der Waals surface area (Å²) in [6.45, 7) is 8.64. The average Bonchev–Trinajstić information content (AvgIpc) is 3.22. The summed E-state index contributed by atoms with van der Waals surface area (Å²) in [4.78, 5) is 0. The molecule has 3 rings (SSSR count). The van der Waals surface area contributed by atoms with Crippen molar-refractivity contribution in [2.24, 2.45) is 0 Å². The molecule has 7 heteroatoms. The third-order valence-corrected chi connectivity index (χ3v) is 4.50. The zero-order valence-electron chi connectivity index (χ0n) is 14.9. The molecule has 0 fully saturated rings. The van der Waals surface area contributed by atoms with Gasteiger partial charge in [-0.25, -0.2) is 0 Å². The Morgan fingerprint density at radius 1 is 0.920 bits per heavy atom. The number of aromatic nitrogens is 4. The summed E-state index contributed by atoms with van der Waals surface area (Å²) < 4.78 is 11.3. The Morgan fingerprint density at radius 3 is 2.32 bits per heavy atom. The molecule has 2 aromatic heterocycles. The molecule has 0 atom stereocenters. The molecule has 0 radical (unpaired) electrons. The molecule has 0 unspecified atom stereocenters. The Labute approximate surface area is 151 Å². The molecule has 25 heavy (non-hydrogen) atoms. The fourth-order valence-electron chi connectivity index (χ4n) is 2.28. The summed E-state index contributed by atoms with van der Waals surface area (Å²) in [5.41, 5.74) is 2.31. The highest BCUT2D eigenvalue weighted by Crippen LogP contribution is 2.27. The maximum Gasteiger partial charge on any atom is 0.277 e. The normalized spacial score (nSPS) is 11.8. The molecular formula is C18H22N4O2S. The number of aryl methyl sites for hydroxylation is 1. The van der Waals surface area contributed by atoms with E-state index in [2.05, 4.69) is 60.2 Å². The van der Waals surface area contributed by atoms with Crippen LogP contribution in [0.25, 0.3) is 11.5 Å². The van der Waals surface area contributed by atoms with Crippen molar-refractivity contribution in [1.82, 2.24) is 20.4 Å². The second kappa shape index (κ2) is 7.39. The zero-order chi connectivity index (χ0) is 17.9. The third-order valence-electron chi connectivity index (χ3n) is 3.70.